The fourth-order valence-electron chi connectivity index (χ4n) is 2.77. The van der Waals surface area contributed by atoms with Crippen molar-refractivity contribution < 1.29 is 9.84 Å². The number of rotatable bonds is 8. The van der Waals surface area contributed by atoms with Crippen molar-refractivity contribution in [2.75, 3.05) is 0 Å². The van der Waals surface area contributed by atoms with Crippen LogP contribution in [0.1, 0.15) is 29.7 Å². The third-order valence-corrected chi connectivity index (χ3v) is 4.41. The van der Waals surface area contributed by atoms with E-state index < -0.39 is 6.10 Å². The van der Waals surface area contributed by atoms with Crippen LogP contribution in [0.25, 0.3) is 0 Å². The van der Waals surface area contributed by atoms with Crippen LogP contribution in [0.5, 0.6) is 5.75 Å². The van der Waals surface area contributed by atoms with Gasteiger partial charge in [0.2, 0.25) is 0 Å². The molecule has 0 saturated carbocycles. The van der Waals surface area contributed by atoms with Crippen molar-refractivity contribution in [3.05, 3.63) is 102 Å². The summed E-state index contributed by atoms with van der Waals surface area (Å²) in [7, 11) is 0. The molecule has 3 nitrogen and oxygen atoms in total. The van der Waals surface area contributed by atoms with Gasteiger partial charge < -0.3 is 15.2 Å². The van der Waals surface area contributed by atoms with E-state index in [4.69, 9.17) is 4.74 Å². The summed E-state index contributed by atoms with van der Waals surface area (Å²) in [5.74, 6) is 0.856. The molecule has 2 N–H and O–H groups in total. The van der Waals surface area contributed by atoms with Crippen LogP contribution in [0.4, 0.5) is 0 Å². The van der Waals surface area contributed by atoms with Gasteiger partial charge >= 0.3 is 0 Å². The third-order valence-electron chi connectivity index (χ3n) is 4.41. The van der Waals surface area contributed by atoms with Gasteiger partial charge in [0.15, 0.2) is 0 Å². The van der Waals surface area contributed by atoms with E-state index in [1.165, 1.54) is 0 Å². The average Bonchev–Trinajstić information content (AvgIpc) is 2.72. The highest BCUT2D eigenvalue weighted by Gasteiger charge is 2.15. The van der Waals surface area contributed by atoms with E-state index in [1.54, 1.807) is 0 Å². The molecule has 0 aromatic heterocycles. The molecule has 3 aromatic rings. The zero-order valence-corrected chi connectivity index (χ0v) is 15.0. The number of nitrogens with one attached hydrogen (secondary N) is 1. The van der Waals surface area contributed by atoms with Crippen LogP contribution in [0, 0.1) is 0 Å². The molecule has 0 aliphatic heterocycles. The van der Waals surface area contributed by atoms with Crippen molar-refractivity contribution in [2.24, 2.45) is 0 Å². The Balaban J connectivity index is 1.48. The zero-order chi connectivity index (χ0) is 18.2. The summed E-state index contributed by atoms with van der Waals surface area (Å²) >= 11 is 0. The molecule has 0 amide bonds. The van der Waals surface area contributed by atoms with Gasteiger partial charge in [0, 0.05) is 12.6 Å². The minimum atomic E-state index is -0.523. The van der Waals surface area contributed by atoms with Crippen molar-refractivity contribution in [2.45, 2.75) is 32.2 Å². The number of aliphatic hydroxyl groups excluding tert-OH is 1. The summed E-state index contributed by atoms with van der Waals surface area (Å²) in [5.41, 5.74) is 3.24. The molecule has 3 rings (SSSR count). The van der Waals surface area contributed by atoms with Crippen LogP contribution >= 0.6 is 0 Å². The Morgan fingerprint density at radius 3 is 2.08 bits per heavy atom. The second-order valence-electron chi connectivity index (χ2n) is 6.44. The van der Waals surface area contributed by atoms with Crippen LogP contribution in [0.15, 0.2) is 84.9 Å². The van der Waals surface area contributed by atoms with E-state index >= 15 is 0 Å². The van der Waals surface area contributed by atoms with Gasteiger partial charge in [-0.1, -0.05) is 72.8 Å². The molecule has 0 radical (unpaired) electrons. The van der Waals surface area contributed by atoms with Gasteiger partial charge in [-0.25, -0.2) is 0 Å². The van der Waals surface area contributed by atoms with Crippen molar-refractivity contribution in [1.82, 2.24) is 5.32 Å². The molecule has 0 fully saturated rings. The van der Waals surface area contributed by atoms with Crippen molar-refractivity contribution in [1.29, 1.82) is 0 Å². The zero-order valence-electron chi connectivity index (χ0n) is 15.0. The molecule has 3 aromatic carbocycles. The Labute approximate surface area is 155 Å². The number of hydrogen-bond acceptors (Lipinski definition) is 3. The van der Waals surface area contributed by atoms with Gasteiger partial charge in [0.25, 0.3) is 0 Å². The Hall–Kier alpha value is -2.62. The van der Waals surface area contributed by atoms with Crippen molar-refractivity contribution in [3.8, 4) is 5.75 Å². The Morgan fingerprint density at radius 1 is 0.808 bits per heavy atom. The highest BCUT2D eigenvalue weighted by molar-refractivity contribution is 5.28. The molecule has 0 aliphatic carbocycles. The monoisotopic (exact) mass is 347 g/mol. The van der Waals surface area contributed by atoms with Crippen LogP contribution in [-0.2, 0) is 13.2 Å². The third kappa shape index (κ3) is 5.19. The summed E-state index contributed by atoms with van der Waals surface area (Å²) in [4.78, 5) is 0. The Kier molecular flexibility index (Phi) is 6.42. The molecular weight excluding hydrogens is 322 g/mol. The number of aliphatic hydroxyl groups is 1. The maximum absolute atomic E-state index is 10.4. The molecule has 0 spiro atoms. The van der Waals surface area contributed by atoms with Gasteiger partial charge in [-0.2, -0.15) is 0 Å². The van der Waals surface area contributed by atoms with E-state index in [0.29, 0.717) is 13.2 Å². The molecule has 0 bridgehead atoms. The van der Waals surface area contributed by atoms with Gasteiger partial charge in [0.1, 0.15) is 12.4 Å². The van der Waals surface area contributed by atoms with Crippen LogP contribution in [0.3, 0.4) is 0 Å². The van der Waals surface area contributed by atoms with Gasteiger partial charge in [-0.3, -0.25) is 0 Å². The summed E-state index contributed by atoms with van der Waals surface area (Å²) in [6.07, 6.45) is -0.523. The minimum absolute atomic E-state index is 0.0357. The Morgan fingerprint density at radius 2 is 1.42 bits per heavy atom. The molecule has 2 atom stereocenters. The van der Waals surface area contributed by atoms with Crippen LogP contribution in [0.2, 0.25) is 0 Å². The van der Waals surface area contributed by atoms with Gasteiger partial charge in [-0.05, 0) is 35.7 Å². The number of hydrogen-bond donors (Lipinski definition) is 2. The van der Waals surface area contributed by atoms with Crippen molar-refractivity contribution in [3.63, 3.8) is 0 Å². The van der Waals surface area contributed by atoms with E-state index in [1.807, 2.05) is 67.6 Å². The lowest BCUT2D eigenvalue weighted by Crippen LogP contribution is -2.31. The molecule has 0 unspecified atom stereocenters. The summed E-state index contributed by atoms with van der Waals surface area (Å²) in [6, 6.07) is 27.9. The molecule has 3 heteroatoms. The molecule has 0 heterocycles. The van der Waals surface area contributed by atoms with E-state index in [2.05, 4.69) is 29.6 Å². The van der Waals surface area contributed by atoms with Gasteiger partial charge in [0.05, 0.1) is 6.10 Å². The number of benzene rings is 3. The lowest BCUT2D eigenvalue weighted by Gasteiger charge is -2.20. The molecule has 26 heavy (non-hydrogen) atoms. The Bertz CT molecular complexity index is 772. The maximum Gasteiger partial charge on any atom is 0.119 e. The smallest absolute Gasteiger partial charge is 0.119 e. The van der Waals surface area contributed by atoms with Crippen LogP contribution in [-0.4, -0.2) is 11.1 Å². The predicted octanol–water partition coefficient (Wildman–Crippen LogP) is 4.48. The fraction of sp³-hybridized carbons (Fsp3) is 0.217. The first kappa shape index (κ1) is 18.2. The topological polar surface area (TPSA) is 41.5 Å². The predicted molar refractivity (Wildman–Crippen MR) is 105 cm³/mol. The van der Waals surface area contributed by atoms with Crippen molar-refractivity contribution >= 4 is 0 Å². The largest absolute Gasteiger partial charge is 0.489 e. The second-order valence-corrected chi connectivity index (χ2v) is 6.44. The minimum Gasteiger partial charge on any atom is -0.489 e. The van der Waals surface area contributed by atoms with Gasteiger partial charge in [-0.15, -0.1) is 0 Å². The quantitative estimate of drug-likeness (QED) is 0.631. The maximum atomic E-state index is 10.4. The second kappa shape index (κ2) is 9.18. The first-order valence-electron chi connectivity index (χ1n) is 8.94. The highest BCUT2D eigenvalue weighted by Crippen LogP contribution is 2.18. The molecular formula is C23H25NO2. The standard InChI is InChI=1S/C23H25NO2/c1-18(23(25)21-10-6-3-7-11-21)24-16-19-12-14-22(15-13-19)26-17-20-8-4-2-5-9-20/h2-15,18,23-25H,16-17H2,1H3/t18-,23-/m0/s1. The molecule has 0 aliphatic rings. The average molecular weight is 347 g/mol. The normalized spacial score (nSPS) is 13.2. The molecule has 134 valence electrons. The number of ether oxygens (including phenoxy) is 1. The van der Waals surface area contributed by atoms with E-state index in [9.17, 15) is 5.11 Å². The lowest BCUT2D eigenvalue weighted by molar-refractivity contribution is 0.135. The van der Waals surface area contributed by atoms with E-state index in [-0.39, 0.29) is 6.04 Å². The van der Waals surface area contributed by atoms with E-state index in [0.717, 1.165) is 22.4 Å². The highest BCUT2D eigenvalue weighted by atomic mass is 16.5. The SMILES string of the molecule is C[C@H](NCc1ccc(OCc2ccccc2)cc1)[C@H](O)c1ccccc1. The lowest BCUT2D eigenvalue weighted by atomic mass is 10.0. The fourth-order valence-corrected chi connectivity index (χ4v) is 2.77. The summed E-state index contributed by atoms with van der Waals surface area (Å²) in [6.45, 7) is 3.26. The molecule has 0 saturated heterocycles. The summed E-state index contributed by atoms with van der Waals surface area (Å²) in [5, 5.41) is 13.8. The first-order chi connectivity index (χ1) is 12.7. The van der Waals surface area contributed by atoms with Crippen LogP contribution < -0.4 is 10.1 Å². The summed E-state index contributed by atoms with van der Waals surface area (Å²) < 4.78 is 5.81. The first-order valence-corrected chi connectivity index (χ1v) is 8.94.